The third kappa shape index (κ3) is 5.42. The molecule has 0 radical (unpaired) electrons. The molecule has 1 atom stereocenters. The first kappa shape index (κ1) is 28.3. The van der Waals surface area contributed by atoms with Gasteiger partial charge in [0.15, 0.2) is 11.3 Å². The van der Waals surface area contributed by atoms with E-state index in [-0.39, 0.29) is 35.1 Å². The molecule has 0 aliphatic carbocycles. The minimum atomic E-state index is -4.74. The van der Waals surface area contributed by atoms with Crippen molar-refractivity contribution in [2.75, 3.05) is 47.0 Å². The van der Waals surface area contributed by atoms with E-state index >= 15 is 0 Å². The number of aromatic nitrogens is 4. The summed E-state index contributed by atoms with van der Waals surface area (Å²) in [5.74, 6) is 0.549. The summed E-state index contributed by atoms with van der Waals surface area (Å²) in [7, 11) is 3.02. The molecule has 1 aliphatic heterocycles. The number of amides is 1. The molecular weight excluding hydrogens is 541 g/mol. The van der Waals surface area contributed by atoms with Gasteiger partial charge < -0.3 is 19.5 Å². The number of rotatable bonds is 7. The Morgan fingerprint density at radius 3 is 2.29 bits per heavy atom. The van der Waals surface area contributed by atoms with Crippen molar-refractivity contribution in [3.8, 4) is 22.9 Å². The Kier molecular flexibility index (Phi) is 7.82. The van der Waals surface area contributed by atoms with Crippen molar-refractivity contribution in [3.05, 3.63) is 71.2 Å². The minimum Gasteiger partial charge on any atom is -0.497 e. The number of carbonyl (C=O) groups excluding carboxylic acids is 1. The molecule has 0 saturated carbocycles. The summed E-state index contributed by atoms with van der Waals surface area (Å²) in [4.78, 5) is 25.9. The van der Waals surface area contributed by atoms with E-state index in [0.29, 0.717) is 47.9 Å². The smallest absolute Gasteiger partial charge is 0.433 e. The zero-order valence-electron chi connectivity index (χ0n) is 22.7. The van der Waals surface area contributed by atoms with Crippen LogP contribution in [-0.4, -0.2) is 87.4 Å². The van der Waals surface area contributed by atoms with Crippen LogP contribution in [0.15, 0.2) is 48.8 Å². The first-order chi connectivity index (χ1) is 19.7. The van der Waals surface area contributed by atoms with Crippen molar-refractivity contribution < 1.29 is 32.5 Å². The number of halogens is 3. The summed E-state index contributed by atoms with van der Waals surface area (Å²) in [6, 6.07) is 9.74. The first-order valence-corrected chi connectivity index (χ1v) is 12.9. The van der Waals surface area contributed by atoms with E-state index in [4.69, 9.17) is 9.47 Å². The minimum absolute atomic E-state index is 0.0169. The van der Waals surface area contributed by atoms with Gasteiger partial charge in [-0.25, -0.2) is 14.5 Å². The number of nitrogens with zero attached hydrogens (tertiary/aromatic N) is 6. The average molecular weight is 571 g/mol. The van der Waals surface area contributed by atoms with Crippen LogP contribution in [0.1, 0.15) is 33.2 Å². The van der Waals surface area contributed by atoms with E-state index in [1.54, 1.807) is 41.4 Å². The molecule has 41 heavy (non-hydrogen) atoms. The van der Waals surface area contributed by atoms with Crippen LogP contribution in [0.4, 0.5) is 13.2 Å². The van der Waals surface area contributed by atoms with Crippen LogP contribution in [0.5, 0.6) is 11.6 Å². The number of carbonyl (C=O) groups is 1. The van der Waals surface area contributed by atoms with Crippen molar-refractivity contribution in [1.82, 2.24) is 29.4 Å². The van der Waals surface area contributed by atoms with E-state index in [2.05, 4.69) is 15.1 Å². The maximum absolute atomic E-state index is 14.3. The van der Waals surface area contributed by atoms with Gasteiger partial charge in [0.25, 0.3) is 5.91 Å². The fourth-order valence-electron chi connectivity index (χ4n) is 5.14. The van der Waals surface area contributed by atoms with E-state index < -0.39 is 17.8 Å². The fourth-order valence-corrected chi connectivity index (χ4v) is 5.14. The summed E-state index contributed by atoms with van der Waals surface area (Å²) in [6.45, 7) is 2.69. The molecule has 1 fully saturated rings. The van der Waals surface area contributed by atoms with Gasteiger partial charge in [0.1, 0.15) is 11.3 Å². The predicted octanol–water partition coefficient (Wildman–Crippen LogP) is 3.63. The van der Waals surface area contributed by atoms with Gasteiger partial charge in [0.2, 0.25) is 5.88 Å². The molecule has 0 bridgehead atoms. The predicted molar refractivity (Wildman–Crippen MR) is 143 cm³/mol. The molecular formula is C28H29F3N6O4. The second kappa shape index (κ2) is 11.3. The Morgan fingerprint density at radius 2 is 1.73 bits per heavy atom. The highest BCUT2D eigenvalue weighted by atomic mass is 19.4. The SMILES string of the molecule is COc1ccc(-c2nc3c(C(=O)N4CCN([C@H](CO)c5ccc(OC)nc5)CC4)cnn3c(C(F)(F)F)c2C)cc1. The molecule has 0 spiro atoms. The van der Waals surface area contributed by atoms with Gasteiger partial charge in [-0.05, 0) is 36.8 Å². The first-order valence-electron chi connectivity index (χ1n) is 12.9. The molecule has 10 nitrogen and oxygen atoms in total. The van der Waals surface area contributed by atoms with Gasteiger partial charge in [-0.1, -0.05) is 6.07 Å². The molecule has 5 rings (SSSR count). The van der Waals surface area contributed by atoms with Gasteiger partial charge in [-0.2, -0.15) is 18.3 Å². The highest BCUT2D eigenvalue weighted by Crippen LogP contribution is 2.37. The monoisotopic (exact) mass is 570 g/mol. The summed E-state index contributed by atoms with van der Waals surface area (Å²) in [6.07, 6.45) is -1.95. The lowest BCUT2D eigenvalue weighted by molar-refractivity contribution is -0.143. The van der Waals surface area contributed by atoms with Crippen LogP contribution in [-0.2, 0) is 6.18 Å². The number of ether oxygens (including phenoxy) is 2. The fraction of sp³-hybridized carbons (Fsp3) is 0.357. The largest absolute Gasteiger partial charge is 0.497 e. The molecule has 1 N–H and O–H groups in total. The number of hydrogen-bond acceptors (Lipinski definition) is 8. The molecule has 4 aromatic rings. The number of hydrogen-bond donors (Lipinski definition) is 1. The zero-order valence-corrected chi connectivity index (χ0v) is 22.7. The normalized spacial score (nSPS) is 15.2. The number of methoxy groups -OCH3 is 2. The van der Waals surface area contributed by atoms with Crippen molar-refractivity contribution in [3.63, 3.8) is 0 Å². The number of aliphatic hydroxyl groups excluding tert-OH is 1. The lowest BCUT2D eigenvalue weighted by Crippen LogP contribution is -2.50. The topological polar surface area (TPSA) is 105 Å². The third-order valence-corrected chi connectivity index (χ3v) is 7.31. The Morgan fingerprint density at radius 1 is 1.02 bits per heavy atom. The molecule has 1 aromatic carbocycles. The van der Waals surface area contributed by atoms with Crippen molar-refractivity contribution in [1.29, 1.82) is 0 Å². The highest BCUT2D eigenvalue weighted by Gasteiger charge is 2.39. The number of fused-ring (bicyclic) bond motifs is 1. The Bertz CT molecular complexity index is 1530. The van der Waals surface area contributed by atoms with Gasteiger partial charge in [0, 0.05) is 49.6 Å². The summed E-state index contributed by atoms with van der Waals surface area (Å²) >= 11 is 0. The second-order valence-electron chi connectivity index (χ2n) is 9.61. The van der Waals surface area contributed by atoms with E-state index in [9.17, 15) is 23.1 Å². The molecule has 216 valence electrons. The maximum atomic E-state index is 14.3. The van der Waals surface area contributed by atoms with Crippen LogP contribution in [0.2, 0.25) is 0 Å². The molecule has 1 saturated heterocycles. The second-order valence-corrected chi connectivity index (χ2v) is 9.61. The lowest BCUT2D eigenvalue weighted by atomic mass is 10.0. The number of pyridine rings is 1. The number of aliphatic hydroxyl groups is 1. The van der Waals surface area contributed by atoms with Gasteiger partial charge >= 0.3 is 6.18 Å². The Labute approximate surface area is 233 Å². The van der Waals surface area contributed by atoms with Crippen molar-refractivity contribution in [2.24, 2.45) is 0 Å². The Hall–Kier alpha value is -4.23. The van der Waals surface area contributed by atoms with Crippen LogP contribution in [0, 0.1) is 6.92 Å². The maximum Gasteiger partial charge on any atom is 0.433 e. The lowest BCUT2D eigenvalue weighted by Gasteiger charge is -2.38. The summed E-state index contributed by atoms with van der Waals surface area (Å²) in [5.41, 5.74) is 0.0832. The molecule has 0 unspecified atom stereocenters. The van der Waals surface area contributed by atoms with Gasteiger partial charge in [-0.3, -0.25) is 9.69 Å². The van der Waals surface area contributed by atoms with E-state index in [1.165, 1.54) is 21.1 Å². The number of alkyl halides is 3. The van der Waals surface area contributed by atoms with Gasteiger partial charge in [-0.15, -0.1) is 0 Å². The number of piperazine rings is 1. The van der Waals surface area contributed by atoms with Crippen LogP contribution in [0.25, 0.3) is 16.9 Å². The number of benzene rings is 1. The van der Waals surface area contributed by atoms with Crippen molar-refractivity contribution in [2.45, 2.75) is 19.1 Å². The molecule has 3 aromatic heterocycles. The quantitative estimate of drug-likeness (QED) is 0.359. The summed E-state index contributed by atoms with van der Waals surface area (Å²) in [5, 5.41) is 14.0. The third-order valence-electron chi connectivity index (χ3n) is 7.31. The Balaban J connectivity index is 1.43. The van der Waals surface area contributed by atoms with E-state index in [1.807, 2.05) is 11.0 Å². The molecule has 1 aliphatic rings. The zero-order chi connectivity index (χ0) is 29.3. The van der Waals surface area contributed by atoms with Crippen LogP contribution >= 0.6 is 0 Å². The molecule has 1 amide bonds. The van der Waals surface area contributed by atoms with Crippen LogP contribution < -0.4 is 9.47 Å². The van der Waals surface area contributed by atoms with Gasteiger partial charge in [0.05, 0.1) is 38.8 Å². The van der Waals surface area contributed by atoms with Crippen molar-refractivity contribution >= 4 is 11.6 Å². The highest BCUT2D eigenvalue weighted by molar-refractivity contribution is 6.00. The molecule has 13 heteroatoms. The average Bonchev–Trinajstić information content (AvgIpc) is 3.40. The summed E-state index contributed by atoms with van der Waals surface area (Å²) < 4.78 is 53.7. The standard InChI is InChI=1S/C28H29F3N6O4/c1-17-24(18-4-7-20(40-2)8-5-18)34-26-21(15-33-37(26)25(17)28(29,30)31)27(39)36-12-10-35(11-13-36)22(16-38)19-6-9-23(41-3)32-14-19/h4-9,14-15,22,38H,10-13,16H2,1-3H3/t22-/m1/s1. The molecule has 4 heterocycles. The van der Waals surface area contributed by atoms with E-state index in [0.717, 1.165) is 11.8 Å². The van der Waals surface area contributed by atoms with Crippen LogP contribution in [0.3, 0.4) is 0 Å².